The summed E-state index contributed by atoms with van der Waals surface area (Å²) in [6, 6.07) is 9.05. The lowest BCUT2D eigenvalue weighted by Gasteiger charge is -2.26. The van der Waals surface area contributed by atoms with E-state index in [2.05, 4.69) is 66.9 Å². The fraction of sp³-hybridized carbons (Fsp3) is 0.600. The van der Waals surface area contributed by atoms with Gasteiger partial charge in [0, 0.05) is 31.9 Å². The summed E-state index contributed by atoms with van der Waals surface area (Å²) in [5.41, 5.74) is 2.72. The zero-order chi connectivity index (χ0) is 13.1. The quantitative estimate of drug-likeness (QED) is 0.809. The van der Waals surface area contributed by atoms with Gasteiger partial charge in [-0.25, -0.2) is 0 Å². The van der Waals surface area contributed by atoms with Crippen LogP contribution in [0.15, 0.2) is 24.3 Å². The number of likely N-dealkylation sites (N-methyl/N-ethyl adjacent to an activating group) is 2. The molecule has 1 aliphatic heterocycles. The molecule has 1 heterocycles. The van der Waals surface area contributed by atoms with E-state index in [1.54, 1.807) is 0 Å². The minimum Gasteiger partial charge on any atom is -0.372 e. The SMILES string of the molecule is CCN(CC)c1ccc(C2N(C)CCN2C)cc1. The van der Waals surface area contributed by atoms with Gasteiger partial charge in [-0.2, -0.15) is 0 Å². The van der Waals surface area contributed by atoms with E-state index < -0.39 is 0 Å². The molecule has 18 heavy (non-hydrogen) atoms. The Kier molecular flexibility index (Phi) is 4.25. The van der Waals surface area contributed by atoms with Crippen molar-refractivity contribution in [2.24, 2.45) is 0 Å². The monoisotopic (exact) mass is 247 g/mol. The van der Waals surface area contributed by atoms with Crippen LogP contribution in [-0.2, 0) is 0 Å². The number of rotatable bonds is 4. The van der Waals surface area contributed by atoms with E-state index in [1.807, 2.05) is 0 Å². The predicted octanol–water partition coefficient (Wildman–Crippen LogP) is 2.41. The molecule has 0 spiro atoms. The molecule has 1 saturated heterocycles. The molecule has 0 unspecified atom stereocenters. The largest absolute Gasteiger partial charge is 0.372 e. The summed E-state index contributed by atoms with van der Waals surface area (Å²) in [7, 11) is 4.40. The third kappa shape index (κ3) is 2.52. The maximum atomic E-state index is 2.41. The van der Waals surface area contributed by atoms with Crippen molar-refractivity contribution in [3.05, 3.63) is 29.8 Å². The highest BCUT2D eigenvalue weighted by atomic mass is 15.4. The van der Waals surface area contributed by atoms with Crippen LogP contribution in [0.25, 0.3) is 0 Å². The molecule has 0 radical (unpaired) electrons. The topological polar surface area (TPSA) is 9.72 Å². The molecule has 1 aliphatic rings. The highest BCUT2D eigenvalue weighted by molar-refractivity contribution is 5.47. The summed E-state index contributed by atoms with van der Waals surface area (Å²) in [5, 5.41) is 0. The number of anilines is 1. The van der Waals surface area contributed by atoms with Gasteiger partial charge in [-0.3, -0.25) is 9.80 Å². The van der Waals surface area contributed by atoms with Crippen molar-refractivity contribution >= 4 is 5.69 Å². The zero-order valence-electron chi connectivity index (χ0n) is 12.1. The molecule has 0 aliphatic carbocycles. The normalized spacial score (nSPS) is 18.4. The summed E-state index contributed by atoms with van der Waals surface area (Å²) in [6.07, 6.45) is 0.441. The summed E-state index contributed by atoms with van der Waals surface area (Å²) in [5.74, 6) is 0. The first-order valence-corrected chi connectivity index (χ1v) is 6.92. The second kappa shape index (κ2) is 5.72. The number of benzene rings is 1. The van der Waals surface area contributed by atoms with Gasteiger partial charge in [0.15, 0.2) is 0 Å². The number of nitrogens with zero attached hydrogens (tertiary/aromatic N) is 3. The van der Waals surface area contributed by atoms with Crippen molar-refractivity contribution in [2.75, 3.05) is 45.2 Å². The molecule has 1 aromatic carbocycles. The van der Waals surface area contributed by atoms with Crippen molar-refractivity contribution in [1.29, 1.82) is 0 Å². The molecule has 1 aromatic rings. The summed E-state index contributed by atoms with van der Waals surface area (Å²) in [4.78, 5) is 7.20. The first-order chi connectivity index (χ1) is 8.67. The van der Waals surface area contributed by atoms with E-state index in [-0.39, 0.29) is 0 Å². The van der Waals surface area contributed by atoms with Gasteiger partial charge >= 0.3 is 0 Å². The standard InChI is InChI=1S/C15H25N3/c1-5-18(6-2)14-9-7-13(8-10-14)15-16(3)11-12-17(15)4/h7-10,15H,5-6,11-12H2,1-4H3. The van der Waals surface area contributed by atoms with Crippen molar-refractivity contribution in [1.82, 2.24) is 9.80 Å². The van der Waals surface area contributed by atoms with Gasteiger partial charge in [-0.1, -0.05) is 12.1 Å². The fourth-order valence-electron chi connectivity index (χ4n) is 2.85. The van der Waals surface area contributed by atoms with E-state index in [9.17, 15) is 0 Å². The van der Waals surface area contributed by atoms with E-state index in [0.717, 1.165) is 26.2 Å². The van der Waals surface area contributed by atoms with Crippen LogP contribution in [0, 0.1) is 0 Å². The molecular formula is C15H25N3. The number of hydrogen-bond donors (Lipinski definition) is 0. The zero-order valence-corrected chi connectivity index (χ0v) is 12.1. The minimum atomic E-state index is 0.441. The molecular weight excluding hydrogens is 222 g/mol. The molecule has 0 atom stereocenters. The first-order valence-electron chi connectivity index (χ1n) is 6.92. The van der Waals surface area contributed by atoms with Crippen molar-refractivity contribution in [3.63, 3.8) is 0 Å². The van der Waals surface area contributed by atoms with Crippen molar-refractivity contribution < 1.29 is 0 Å². The lowest BCUT2D eigenvalue weighted by atomic mass is 10.1. The molecule has 2 rings (SSSR count). The van der Waals surface area contributed by atoms with Gasteiger partial charge in [0.2, 0.25) is 0 Å². The van der Waals surface area contributed by atoms with Crippen LogP contribution >= 0.6 is 0 Å². The maximum absolute atomic E-state index is 2.41. The lowest BCUT2D eigenvalue weighted by Crippen LogP contribution is -2.26. The van der Waals surface area contributed by atoms with Gasteiger partial charge in [0.05, 0.1) is 6.17 Å². The van der Waals surface area contributed by atoms with Crippen LogP contribution in [0.3, 0.4) is 0 Å². The average molecular weight is 247 g/mol. The molecule has 0 saturated carbocycles. The second-order valence-electron chi connectivity index (χ2n) is 5.10. The fourth-order valence-corrected chi connectivity index (χ4v) is 2.85. The van der Waals surface area contributed by atoms with E-state index in [4.69, 9.17) is 0 Å². The maximum Gasteiger partial charge on any atom is 0.0882 e. The van der Waals surface area contributed by atoms with Gasteiger partial charge in [-0.05, 0) is 45.6 Å². The van der Waals surface area contributed by atoms with Gasteiger partial charge in [0.25, 0.3) is 0 Å². The van der Waals surface area contributed by atoms with Crippen LogP contribution in [0.1, 0.15) is 25.6 Å². The molecule has 3 heteroatoms. The predicted molar refractivity (Wildman–Crippen MR) is 78.0 cm³/mol. The van der Waals surface area contributed by atoms with Gasteiger partial charge in [0.1, 0.15) is 0 Å². The Morgan fingerprint density at radius 2 is 1.50 bits per heavy atom. The van der Waals surface area contributed by atoms with E-state index in [1.165, 1.54) is 11.3 Å². The molecule has 100 valence electrons. The highest BCUT2D eigenvalue weighted by Gasteiger charge is 2.27. The molecule has 0 bridgehead atoms. The van der Waals surface area contributed by atoms with Crippen LogP contribution < -0.4 is 4.90 Å². The second-order valence-corrected chi connectivity index (χ2v) is 5.10. The van der Waals surface area contributed by atoms with Gasteiger partial charge < -0.3 is 4.90 Å². The molecule has 1 fully saturated rings. The van der Waals surface area contributed by atoms with Crippen LogP contribution in [0.5, 0.6) is 0 Å². The molecule has 0 N–H and O–H groups in total. The van der Waals surface area contributed by atoms with Crippen molar-refractivity contribution in [2.45, 2.75) is 20.0 Å². The molecule has 0 amide bonds. The van der Waals surface area contributed by atoms with Gasteiger partial charge in [-0.15, -0.1) is 0 Å². The average Bonchev–Trinajstić information content (AvgIpc) is 2.72. The van der Waals surface area contributed by atoms with Crippen LogP contribution in [0.2, 0.25) is 0 Å². The summed E-state index contributed by atoms with van der Waals surface area (Å²) in [6.45, 7) is 8.85. The Morgan fingerprint density at radius 3 is 1.94 bits per heavy atom. The van der Waals surface area contributed by atoms with E-state index >= 15 is 0 Å². The minimum absolute atomic E-state index is 0.441. The Hall–Kier alpha value is -1.06. The Bertz CT molecular complexity index is 360. The highest BCUT2D eigenvalue weighted by Crippen LogP contribution is 2.28. The number of hydrogen-bond acceptors (Lipinski definition) is 3. The third-order valence-corrected chi connectivity index (χ3v) is 3.96. The summed E-state index contributed by atoms with van der Waals surface area (Å²) >= 11 is 0. The third-order valence-electron chi connectivity index (χ3n) is 3.96. The lowest BCUT2D eigenvalue weighted by molar-refractivity contribution is 0.190. The summed E-state index contributed by atoms with van der Waals surface area (Å²) < 4.78 is 0. The van der Waals surface area contributed by atoms with Crippen LogP contribution in [0.4, 0.5) is 5.69 Å². The Labute approximate surface area is 111 Å². The van der Waals surface area contributed by atoms with Crippen molar-refractivity contribution in [3.8, 4) is 0 Å². The van der Waals surface area contributed by atoms with E-state index in [0.29, 0.717) is 6.17 Å². The van der Waals surface area contributed by atoms with Crippen LogP contribution in [-0.4, -0.2) is 50.1 Å². The molecule has 0 aromatic heterocycles. The Morgan fingerprint density at radius 1 is 1.00 bits per heavy atom. The molecule has 3 nitrogen and oxygen atoms in total. The smallest absolute Gasteiger partial charge is 0.0882 e. The Balaban J connectivity index is 2.17. The first kappa shape index (κ1) is 13.4.